The summed E-state index contributed by atoms with van der Waals surface area (Å²) in [6, 6.07) is 15.6. The largest absolute Gasteiger partial charge is 0.457 e. The fourth-order valence-corrected chi connectivity index (χ4v) is 4.30. The van der Waals surface area contributed by atoms with Gasteiger partial charge in [-0.15, -0.1) is 0 Å². The molecule has 0 saturated heterocycles. The third-order valence-corrected chi connectivity index (χ3v) is 6.55. The van der Waals surface area contributed by atoms with E-state index in [2.05, 4.69) is 0 Å². The van der Waals surface area contributed by atoms with E-state index in [0.717, 1.165) is 4.90 Å². The Morgan fingerprint density at radius 1 is 1.06 bits per heavy atom. The quantitative estimate of drug-likeness (QED) is 0.329. The summed E-state index contributed by atoms with van der Waals surface area (Å²) in [5, 5.41) is 10.4. The Morgan fingerprint density at radius 2 is 1.86 bits per heavy atom. The van der Waals surface area contributed by atoms with Crippen LogP contribution in [-0.4, -0.2) is 23.5 Å². The van der Waals surface area contributed by atoms with Gasteiger partial charge in [0.25, 0.3) is 11.8 Å². The molecular weight excluding hydrogens is 491 g/mol. The number of carbonyl (C=O) groups is 2. The number of nitriles is 1. The van der Waals surface area contributed by atoms with Crippen LogP contribution in [0.1, 0.15) is 18.2 Å². The highest BCUT2D eigenvalue weighted by Crippen LogP contribution is 2.36. The third kappa shape index (κ3) is 4.08. The summed E-state index contributed by atoms with van der Waals surface area (Å²) in [6.45, 7) is 1.64. The van der Waals surface area contributed by atoms with Gasteiger partial charge in [-0.2, -0.15) is 5.26 Å². The highest BCUT2D eigenvalue weighted by molar-refractivity contribution is 6.43. The molecule has 0 aliphatic carbocycles. The van der Waals surface area contributed by atoms with Crippen molar-refractivity contribution in [2.45, 2.75) is 13.5 Å². The van der Waals surface area contributed by atoms with Crippen LogP contribution in [0, 0.1) is 11.3 Å². The zero-order chi connectivity index (χ0) is 24.7. The number of fused-ring (bicyclic) bond motifs is 1. The molecule has 2 amide bonds. The number of furan rings is 1. The van der Waals surface area contributed by atoms with E-state index < -0.39 is 11.8 Å². The minimum Gasteiger partial charge on any atom is -0.457 e. The predicted molar refractivity (Wildman–Crippen MR) is 129 cm³/mol. The van der Waals surface area contributed by atoms with Crippen molar-refractivity contribution in [2.75, 3.05) is 6.79 Å². The van der Waals surface area contributed by atoms with E-state index in [4.69, 9.17) is 37.1 Å². The first-order valence-corrected chi connectivity index (χ1v) is 11.2. The van der Waals surface area contributed by atoms with Crippen LogP contribution in [0.3, 0.4) is 0 Å². The molecule has 1 aromatic heterocycles. The van der Waals surface area contributed by atoms with Gasteiger partial charge in [0.05, 0.1) is 16.6 Å². The van der Waals surface area contributed by atoms with Gasteiger partial charge in [-0.05, 0) is 60.5 Å². The van der Waals surface area contributed by atoms with Crippen LogP contribution in [-0.2, 0) is 16.1 Å². The van der Waals surface area contributed by atoms with Gasteiger partial charge in [-0.25, -0.2) is 0 Å². The highest BCUT2D eigenvalue weighted by atomic mass is 35.5. The SMILES string of the molecule is CC1=C(C#N)C(=O)N(Cc2ccc3c(c2)OCO3)C(=O)/C1=C/c1ccc(-c2cccc(Cl)c2Cl)o1. The maximum atomic E-state index is 13.4. The Morgan fingerprint density at radius 3 is 2.66 bits per heavy atom. The summed E-state index contributed by atoms with van der Waals surface area (Å²) in [5.74, 6) is 0.743. The third-order valence-electron chi connectivity index (χ3n) is 5.73. The fraction of sp³-hybridized carbons (Fsp3) is 0.115. The molecule has 0 atom stereocenters. The number of carbonyl (C=O) groups excluding carboxylic acids is 2. The number of halogens is 2. The van der Waals surface area contributed by atoms with Gasteiger partial charge in [0, 0.05) is 11.1 Å². The van der Waals surface area contributed by atoms with Crippen LogP contribution >= 0.6 is 23.2 Å². The normalized spacial score (nSPS) is 16.3. The smallest absolute Gasteiger partial charge is 0.271 e. The van der Waals surface area contributed by atoms with Crippen molar-refractivity contribution in [3.63, 3.8) is 0 Å². The molecule has 2 aliphatic heterocycles. The molecule has 2 aliphatic rings. The van der Waals surface area contributed by atoms with Gasteiger partial charge < -0.3 is 13.9 Å². The van der Waals surface area contributed by atoms with Crippen LogP contribution in [0.25, 0.3) is 17.4 Å². The van der Waals surface area contributed by atoms with Crippen molar-refractivity contribution in [2.24, 2.45) is 0 Å². The summed E-state index contributed by atoms with van der Waals surface area (Å²) >= 11 is 12.4. The Kier molecular flexibility index (Phi) is 5.85. The Hall–Kier alpha value is -3.99. The lowest BCUT2D eigenvalue weighted by Gasteiger charge is -2.27. The van der Waals surface area contributed by atoms with Crippen LogP contribution < -0.4 is 9.47 Å². The van der Waals surface area contributed by atoms with Gasteiger partial charge in [0.15, 0.2) is 11.5 Å². The van der Waals surface area contributed by atoms with E-state index in [-0.39, 0.29) is 30.1 Å². The van der Waals surface area contributed by atoms with Gasteiger partial charge >= 0.3 is 0 Å². The summed E-state index contributed by atoms with van der Waals surface area (Å²) in [6.07, 6.45) is 1.51. The Balaban J connectivity index is 1.50. The zero-order valence-electron chi connectivity index (χ0n) is 18.3. The predicted octanol–water partition coefficient (Wildman–Crippen LogP) is 5.77. The van der Waals surface area contributed by atoms with E-state index in [1.54, 1.807) is 55.5 Å². The minimum atomic E-state index is -0.657. The molecule has 0 fully saturated rings. The summed E-state index contributed by atoms with van der Waals surface area (Å²) in [7, 11) is 0. The molecule has 174 valence electrons. The Labute approximate surface area is 210 Å². The fourth-order valence-electron chi connectivity index (χ4n) is 3.91. The van der Waals surface area contributed by atoms with Crippen LogP contribution in [0.15, 0.2) is 69.7 Å². The number of hydrogen-bond donors (Lipinski definition) is 0. The lowest BCUT2D eigenvalue weighted by atomic mass is 9.94. The molecule has 35 heavy (non-hydrogen) atoms. The summed E-state index contributed by atoms with van der Waals surface area (Å²) in [5.41, 5.74) is 1.61. The van der Waals surface area contributed by atoms with Gasteiger partial charge in [0.1, 0.15) is 23.2 Å². The molecule has 0 spiro atoms. The second kappa shape index (κ2) is 8.99. The summed E-state index contributed by atoms with van der Waals surface area (Å²) < 4.78 is 16.6. The molecule has 2 aromatic carbocycles. The number of ether oxygens (including phenoxy) is 2. The Bertz CT molecular complexity index is 1500. The van der Waals surface area contributed by atoms with Gasteiger partial charge in [-0.1, -0.05) is 35.3 Å². The maximum Gasteiger partial charge on any atom is 0.271 e. The van der Waals surface area contributed by atoms with Crippen molar-refractivity contribution >= 4 is 41.1 Å². The summed E-state index contributed by atoms with van der Waals surface area (Å²) in [4.78, 5) is 27.4. The van der Waals surface area contributed by atoms with Crippen LogP contribution in [0.4, 0.5) is 0 Å². The lowest BCUT2D eigenvalue weighted by molar-refractivity contribution is -0.141. The highest BCUT2D eigenvalue weighted by Gasteiger charge is 2.36. The second-order valence-corrected chi connectivity index (χ2v) is 8.64. The van der Waals surface area contributed by atoms with Crippen molar-refractivity contribution in [1.29, 1.82) is 5.26 Å². The van der Waals surface area contributed by atoms with E-state index in [9.17, 15) is 14.9 Å². The molecule has 3 aromatic rings. The molecule has 0 unspecified atom stereocenters. The topological polar surface area (TPSA) is 92.8 Å². The molecule has 3 heterocycles. The molecule has 0 saturated carbocycles. The zero-order valence-corrected chi connectivity index (χ0v) is 19.8. The molecule has 9 heteroatoms. The molecule has 0 N–H and O–H groups in total. The monoisotopic (exact) mass is 506 g/mol. The minimum absolute atomic E-state index is 0.0361. The maximum absolute atomic E-state index is 13.4. The first-order valence-electron chi connectivity index (χ1n) is 10.5. The van der Waals surface area contributed by atoms with Crippen molar-refractivity contribution in [1.82, 2.24) is 4.90 Å². The molecule has 5 rings (SSSR count). The van der Waals surface area contributed by atoms with Crippen molar-refractivity contribution in [3.05, 3.63) is 86.6 Å². The van der Waals surface area contributed by atoms with Crippen molar-refractivity contribution in [3.8, 4) is 28.9 Å². The van der Waals surface area contributed by atoms with E-state index in [1.807, 2.05) is 6.07 Å². The molecule has 7 nitrogen and oxygen atoms in total. The average Bonchev–Trinajstić information content (AvgIpc) is 3.51. The van der Waals surface area contributed by atoms with Crippen LogP contribution in [0.5, 0.6) is 11.5 Å². The van der Waals surface area contributed by atoms with Gasteiger partial charge in [-0.3, -0.25) is 14.5 Å². The number of rotatable bonds is 4. The average molecular weight is 507 g/mol. The number of nitrogens with zero attached hydrogens (tertiary/aromatic N) is 2. The number of amides is 2. The number of hydrogen-bond acceptors (Lipinski definition) is 6. The molecular formula is C26H16Cl2N2O5. The number of imide groups is 1. The molecule has 0 radical (unpaired) electrons. The molecule has 0 bridgehead atoms. The van der Waals surface area contributed by atoms with Crippen molar-refractivity contribution < 1.29 is 23.5 Å². The number of benzene rings is 2. The second-order valence-electron chi connectivity index (χ2n) is 7.86. The van der Waals surface area contributed by atoms with E-state index >= 15 is 0 Å². The first-order chi connectivity index (χ1) is 16.9. The lowest BCUT2D eigenvalue weighted by Crippen LogP contribution is -2.42. The van der Waals surface area contributed by atoms with E-state index in [0.29, 0.717) is 44.2 Å². The van der Waals surface area contributed by atoms with Crippen LogP contribution in [0.2, 0.25) is 10.0 Å². The van der Waals surface area contributed by atoms with E-state index in [1.165, 1.54) is 6.08 Å². The standard InChI is InChI=1S/C26H16Cl2N2O5/c1-14-18(10-16-6-8-21(35-16)17-3-2-4-20(27)24(17)28)25(31)30(26(32)19(14)11-29)12-15-5-7-22-23(9-15)34-13-33-22/h2-10H,12-13H2,1H3/b18-10+. The first kappa shape index (κ1) is 22.8. The van der Waals surface area contributed by atoms with Gasteiger partial charge in [0.2, 0.25) is 6.79 Å².